The van der Waals surface area contributed by atoms with E-state index in [0.717, 1.165) is 5.56 Å². The third kappa shape index (κ3) is 4.38. The van der Waals surface area contributed by atoms with Gasteiger partial charge in [-0.3, -0.25) is 9.69 Å². The molecule has 0 bridgehead atoms. The molecule has 29 heavy (non-hydrogen) atoms. The van der Waals surface area contributed by atoms with E-state index in [1.807, 2.05) is 12.1 Å². The lowest BCUT2D eigenvalue weighted by molar-refractivity contribution is -0.118. The normalized spacial score (nSPS) is 10.5. The molecule has 0 spiro atoms. The van der Waals surface area contributed by atoms with Gasteiger partial charge in [-0.2, -0.15) is 5.26 Å². The van der Waals surface area contributed by atoms with Gasteiger partial charge in [-0.05, 0) is 42.0 Å². The van der Waals surface area contributed by atoms with E-state index >= 15 is 0 Å². The number of rotatable bonds is 4. The predicted molar refractivity (Wildman–Crippen MR) is 119 cm³/mol. The van der Waals surface area contributed by atoms with Crippen LogP contribution in [0.25, 0.3) is 22.4 Å². The lowest BCUT2D eigenvalue weighted by atomic mass is 9.97. The number of halogens is 3. The molecule has 1 heterocycles. The standard InChI is InChI=1S/C22H16Cl3N3O/c1-3-20(29)28(2)22-14(12-26)10-18(13-4-6-15(23)7-5-13)21(27-22)17-9-8-16(24)11-19(17)25/h4-11H,3H2,1-2H3. The zero-order chi connectivity index (χ0) is 21.1. The smallest absolute Gasteiger partial charge is 0.227 e. The van der Waals surface area contributed by atoms with Gasteiger partial charge >= 0.3 is 0 Å². The summed E-state index contributed by atoms with van der Waals surface area (Å²) in [7, 11) is 1.60. The average molecular weight is 445 g/mol. The molecular formula is C22H16Cl3N3O. The highest BCUT2D eigenvalue weighted by Crippen LogP contribution is 2.38. The molecule has 4 nitrogen and oxygen atoms in total. The van der Waals surface area contributed by atoms with Gasteiger partial charge in [0, 0.05) is 34.6 Å². The average Bonchev–Trinajstić information content (AvgIpc) is 2.72. The SMILES string of the molecule is CCC(=O)N(C)c1nc(-c2ccc(Cl)cc2Cl)c(-c2ccc(Cl)cc2)cc1C#N. The summed E-state index contributed by atoms with van der Waals surface area (Å²) in [6.45, 7) is 1.75. The Labute approximate surface area is 184 Å². The van der Waals surface area contributed by atoms with Gasteiger partial charge in [0.25, 0.3) is 0 Å². The number of hydrogen-bond donors (Lipinski definition) is 0. The monoisotopic (exact) mass is 443 g/mol. The summed E-state index contributed by atoms with van der Waals surface area (Å²) in [5.41, 5.74) is 2.98. The van der Waals surface area contributed by atoms with Crippen LogP contribution >= 0.6 is 34.8 Å². The van der Waals surface area contributed by atoms with Crippen molar-refractivity contribution in [3.8, 4) is 28.5 Å². The summed E-state index contributed by atoms with van der Waals surface area (Å²) >= 11 is 18.5. The first-order valence-corrected chi connectivity index (χ1v) is 9.92. The van der Waals surface area contributed by atoms with Crippen molar-refractivity contribution in [1.82, 2.24) is 4.98 Å². The number of nitrogens with zero attached hydrogens (tertiary/aromatic N) is 3. The summed E-state index contributed by atoms with van der Waals surface area (Å²) in [4.78, 5) is 18.3. The van der Waals surface area contributed by atoms with Crippen LogP contribution in [0.4, 0.5) is 5.82 Å². The van der Waals surface area contributed by atoms with E-state index in [4.69, 9.17) is 39.8 Å². The Kier molecular flexibility index (Phi) is 6.44. The number of hydrogen-bond acceptors (Lipinski definition) is 3. The van der Waals surface area contributed by atoms with Crippen molar-refractivity contribution in [2.45, 2.75) is 13.3 Å². The first-order chi connectivity index (χ1) is 13.8. The minimum Gasteiger partial charge on any atom is -0.299 e. The number of carbonyl (C=O) groups excluding carboxylic acids is 1. The Morgan fingerprint density at radius 3 is 2.28 bits per heavy atom. The number of benzene rings is 2. The Bertz CT molecular complexity index is 1120. The summed E-state index contributed by atoms with van der Waals surface area (Å²) in [6.07, 6.45) is 0.291. The lowest BCUT2D eigenvalue weighted by Gasteiger charge is -2.20. The lowest BCUT2D eigenvalue weighted by Crippen LogP contribution is -2.27. The van der Waals surface area contributed by atoms with Gasteiger partial charge < -0.3 is 0 Å². The number of pyridine rings is 1. The fraction of sp³-hybridized carbons (Fsp3) is 0.136. The summed E-state index contributed by atoms with van der Waals surface area (Å²) in [5, 5.41) is 11.2. The van der Waals surface area contributed by atoms with Gasteiger partial charge in [-0.15, -0.1) is 0 Å². The second kappa shape index (κ2) is 8.84. The first kappa shape index (κ1) is 21.1. The van der Waals surface area contributed by atoms with Gasteiger partial charge in [-0.1, -0.05) is 53.9 Å². The van der Waals surface area contributed by atoms with Gasteiger partial charge in [0.05, 0.1) is 16.3 Å². The van der Waals surface area contributed by atoms with Crippen LogP contribution in [0.2, 0.25) is 15.1 Å². The molecule has 1 amide bonds. The van der Waals surface area contributed by atoms with E-state index in [-0.39, 0.29) is 17.3 Å². The molecule has 0 saturated carbocycles. The van der Waals surface area contributed by atoms with Gasteiger partial charge in [0.15, 0.2) is 5.82 Å². The van der Waals surface area contributed by atoms with Crippen molar-refractivity contribution in [2.24, 2.45) is 0 Å². The van der Waals surface area contributed by atoms with E-state index in [9.17, 15) is 10.1 Å². The maximum absolute atomic E-state index is 12.3. The van der Waals surface area contributed by atoms with Crippen LogP contribution in [-0.2, 0) is 4.79 Å². The van der Waals surface area contributed by atoms with Crippen molar-refractivity contribution in [3.05, 3.63) is 69.2 Å². The van der Waals surface area contributed by atoms with Crippen molar-refractivity contribution >= 4 is 46.5 Å². The number of amides is 1. The molecule has 0 saturated heterocycles. The highest BCUT2D eigenvalue weighted by Gasteiger charge is 2.21. The van der Waals surface area contributed by atoms with Crippen LogP contribution < -0.4 is 4.90 Å². The van der Waals surface area contributed by atoms with Crippen molar-refractivity contribution in [2.75, 3.05) is 11.9 Å². The molecule has 0 fully saturated rings. The quantitative estimate of drug-likeness (QED) is 0.454. The highest BCUT2D eigenvalue weighted by molar-refractivity contribution is 6.36. The van der Waals surface area contributed by atoms with Gasteiger partial charge in [-0.25, -0.2) is 4.98 Å². The molecule has 0 atom stereocenters. The van der Waals surface area contributed by atoms with Crippen LogP contribution in [0.15, 0.2) is 48.5 Å². The molecule has 3 aromatic rings. The Morgan fingerprint density at radius 1 is 1.03 bits per heavy atom. The minimum atomic E-state index is -0.151. The molecule has 0 aliphatic carbocycles. The molecule has 7 heteroatoms. The molecule has 0 radical (unpaired) electrons. The third-order valence-electron chi connectivity index (χ3n) is 4.46. The van der Waals surface area contributed by atoms with Gasteiger partial charge in [0.1, 0.15) is 6.07 Å². The van der Waals surface area contributed by atoms with E-state index < -0.39 is 0 Å². The predicted octanol–water partition coefficient (Wildman–Crippen LogP) is 6.62. The summed E-state index contributed by atoms with van der Waals surface area (Å²) in [5.74, 6) is 0.125. The molecule has 3 rings (SSSR count). The fourth-order valence-electron chi connectivity index (χ4n) is 2.93. The number of carbonyl (C=O) groups is 1. The van der Waals surface area contributed by atoms with Crippen LogP contribution in [0.1, 0.15) is 18.9 Å². The van der Waals surface area contributed by atoms with Crippen molar-refractivity contribution in [1.29, 1.82) is 5.26 Å². The minimum absolute atomic E-state index is 0.151. The van der Waals surface area contributed by atoms with E-state index in [2.05, 4.69) is 6.07 Å². The molecule has 1 aromatic heterocycles. The van der Waals surface area contributed by atoms with Crippen molar-refractivity contribution < 1.29 is 4.79 Å². The first-order valence-electron chi connectivity index (χ1n) is 8.78. The summed E-state index contributed by atoms with van der Waals surface area (Å²) < 4.78 is 0. The molecular weight excluding hydrogens is 429 g/mol. The zero-order valence-electron chi connectivity index (χ0n) is 15.7. The number of anilines is 1. The maximum Gasteiger partial charge on any atom is 0.227 e. The zero-order valence-corrected chi connectivity index (χ0v) is 18.0. The molecule has 0 unspecified atom stereocenters. The molecule has 0 aliphatic rings. The van der Waals surface area contributed by atoms with Crippen LogP contribution in [0.5, 0.6) is 0 Å². The Balaban J connectivity index is 2.33. The topological polar surface area (TPSA) is 57.0 Å². The molecule has 0 N–H and O–H groups in total. The molecule has 0 aliphatic heterocycles. The van der Waals surface area contributed by atoms with Gasteiger partial charge in [0.2, 0.25) is 5.91 Å². The largest absolute Gasteiger partial charge is 0.299 e. The van der Waals surface area contributed by atoms with Crippen LogP contribution in [0.3, 0.4) is 0 Å². The maximum atomic E-state index is 12.3. The number of aromatic nitrogens is 1. The second-order valence-electron chi connectivity index (χ2n) is 6.30. The summed E-state index contributed by atoms with van der Waals surface area (Å²) in [6, 6.07) is 16.2. The Hall–Kier alpha value is -2.58. The van der Waals surface area contributed by atoms with E-state index in [1.54, 1.807) is 50.4 Å². The fourth-order valence-corrected chi connectivity index (χ4v) is 3.56. The van der Waals surface area contributed by atoms with Crippen molar-refractivity contribution in [3.63, 3.8) is 0 Å². The molecule has 2 aromatic carbocycles. The molecule has 146 valence electrons. The van der Waals surface area contributed by atoms with E-state index in [1.165, 1.54) is 4.90 Å². The van der Waals surface area contributed by atoms with E-state index in [0.29, 0.717) is 38.3 Å². The second-order valence-corrected chi connectivity index (χ2v) is 7.58. The Morgan fingerprint density at radius 2 is 1.69 bits per heavy atom. The van der Waals surface area contributed by atoms with Crippen LogP contribution in [0, 0.1) is 11.3 Å². The van der Waals surface area contributed by atoms with Crippen LogP contribution in [-0.4, -0.2) is 17.9 Å². The highest BCUT2D eigenvalue weighted by atomic mass is 35.5. The number of nitriles is 1. The third-order valence-corrected chi connectivity index (χ3v) is 5.26.